The molecule has 1 aromatic heterocycles. The number of aromatic nitrogens is 1. The number of nitrogens with one attached hydrogen (secondary N) is 1. The molecule has 7 heteroatoms. The van der Waals surface area contributed by atoms with Gasteiger partial charge in [0, 0.05) is 41.6 Å². The number of amides is 1. The molecule has 1 aliphatic carbocycles. The molecule has 1 saturated carbocycles. The molecule has 1 amide bonds. The third-order valence-electron chi connectivity index (χ3n) is 6.78. The molecule has 5 rings (SSSR count). The van der Waals surface area contributed by atoms with Gasteiger partial charge < -0.3 is 15.0 Å². The van der Waals surface area contributed by atoms with Crippen LogP contribution in [-0.2, 0) is 0 Å². The molecule has 0 unspecified atom stereocenters. The molecule has 3 aromatic rings. The monoisotopic (exact) mass is 481 g/mol. The normalized spacial score (nSPS) is 22.5. The van der Waals surface area contributed by atoms with Crippen LogP contribution in [-0.4, -0.2) is 54.2 Å². The molecule has 5 nitrogen and oxygen atoms in total. The average molecular weight is 482 g/mol. The number of nitrogens with zero attached hydrogens (tertiary/aromatic N) is 2. The summed E-state index contributed by atoms with van der Waals surface area (Å²) in [5.74, 6) is 1.21. The number of fused-ring (bicyclic) bond motifs is 1. The van der Waals surface area contributed by atoms with Gasteiger partial charge in [0.05, 0.1) is 23.4 Å². The summed E-state index contributed by atoms with van der Waals surface area (Å²) >= 11 is 6.23. The molecule has 1 saturated heterocycles. The molecule has 34 heavy (non-hydrogen) atoms. The Hall–Kier alpha value is -2.70. The number of hydrogen-bond acceptors (Lipinski definition) is 4. The molecule has 2 aromatic carbocycles. The minimum atomic E-state index is -0.686. The molecule has 2 aliphatic rings. The Morgan fingerprint density at radius 2 is 2.00 bits per heavy atom. The van der Waals surface area contributed by atoms with Gasteiger partial charge in [-0.15, -0.1) is 0 Å². The molecular formula is C27H29ClFN3O2. The fourth-order valence-electron chi connectivity index (χ4n) is 5.01. The Morgan fingerprint density at radius 3 is 2.71 bits per heavy atom. The molecule has 2 fully saturated rings. The summed E-state index contributed by atoms with van der Waals surface area (Å²) in [7, 11) is 0. The fraction of sp³-hybridized carbons (Fsp3) is 0.407. The topological polar surface area (TPSA) is 54.5 Å². The summed E-state index contributed by atoms with van der Waals surface area (Å²) in [6.07, 6.45) is 1.82. The maximum absolute atomic E-state index is 13.4. The Morgan fingerprint density at radius 1 is 1.21 bits per heavy atom. The standard InChI is InChI=1S/C27H29ClFN3O2/c1-2-34-22-6-3-18(4-7-22)25-14-24(23-8-5-19(28)13-26(23)31-25)27(33)30-21-11-17(12-21)15-32-10-9-20(29)16-32/h3-8,13-14,17,20-21H,2,9-12,15-16H2,1H3,(H,30,33)/t17?,20-,21?/m1/s1. The highest BCUT2D eigenvalue weighted by Gasteiger charge is 2.34. The van der Waals surface area contributed by atoms with Crippen molar-refractivity contribution in [1.29, 1.82) is 0 Å². The third-order valence-corrected chi connectivity index (χ3v) is 7.01. The molecule has 178 valence electrons. The van der Waals surface area contributed by atoms with Crippen LogP contribution in [0.25, 0.3) is 22.2 Å². The number of hydrogen-bond donors (Lipinski definition) is 1. The largest absolute Gasteiger partial charge is 0.494 e. The van der Waals surface area contributed by atoms with Crippen molar-refractivity contribution in [2.24, 2.45) is 5.92 Å². The molecule has 1 aliphatic heterocycles. The van der Waals surface area contributed by atoms with E-state index in [0.717, 1.165) is 42.6 Å². The van der Waals surface area contributed by atoms with E-state index in [1.54, 1.807) is 12.1 Å². The number of rotatable bonds is 7. The van der Waals surface area contributed by atoms with E-state index in [2.05, 4.69) is 10.2 Å². The van der Waals surface area contributed by atoms with Crippen molar-refractivity contribution in [3.05, 3.63) is 59.1 Å². The number of halogens is 2. The summed E-state index contributed by atoms with van der Waals surface area (Å²) in [6.45, 7) is 4.86. The van der Waals surface area contributed by atoms with E-state index in [4.69, 9.17) is 21.3 Å². The lowest BCUT2D eigenvalue weighted by Crippen LogP contribution is -2.47. The van der Waals surface area contributed by atoms with Gasteiger partial charge in [0.1, 0.15) is 11.9 Å². The zero-order chi connectivity index (χ0) is 23.7. The van der Waals surface area contributed by atoms with Gasteiger partial charge in [-0.3, -0.25) is 4.79 Å². The van der Waals surface area contributed by atoms with Crippen LogP contribution in [0, 0.1) is 5.92 Å². The van der Waals surface area contributed by atoms with Gasteiger partial charge in [0.25, 0.3) is 5.91 Å². The highest BCUT2D eigenvalue weighted by Crippen LogP contribution is 2.32. The number of pyridine rings is 1. The first-order chi connectivity index (χ1) is 16.5. The summed E-state index contributed by atoms with van der Waals surface area (Å²) in [6, 6.07) is 15.1. The van der Waals surface area contributed by atoms with Gasteiger partial charge in [-0.05, 0) is 74.6 Å². The van der Waals surface area contributed by atoms with Crippen molar-refractivity contribution in [2.45, 2.75) is 38.4 Å². The maximum Gasteiger partial charge on any atom is 0.252 e. The third kappa shape index (κ3) is 5.03. The number of alkyl halides is 1. The quantitative estimate of drug-likeness (QED) is 0.483. The first-order valence-corrected chi connectivity index (χ1v) is 12.4. The first-order valence-electron chi connectivity index (χ1n) is 12.0. The van der Waals surface area contributed by atoms with Crippen LogP contribution in [0.1, 0.15) is 36.5 Å². The van der Waals surface area contributed by atoms with Crippen LogP contribution in [0.5, 0.6) is 5.75 Å². The van der Waals surface area contributed by atoms with Gasteiger partial charge in [-0.2, -0.15) is 0 Å². The predicted octanol–water partition coefficient (Wildman–Crippen LogP) is 5.51. The van der Waals surface area contributed by atoms with Gasteiger partial charge in [0.15, 0.2) is 0 Å². The van der Waals surface area contributed by atoms with E-state index in [0.29, 0.717) is 47.3 Å². The van der Waals surface area contributed by atoms with Crippen molar-refractivity contribution >= 4 is 28.4 Å². The van der Waals surface area contributed by atoms with Crippen molar-refractivity contribution in [3.63, 3.8) is 0 Å². The van der Waals surface area contributed by atoms with Crippen LogP contribution >= 0.6 is 11.6 Å². The number of likely N-dealkylation sites (tertiary alicyclic amines) is 1. The van der Waals surface area contributed by atoms with E-state index < -0.39 is 6.17 Å². The van der Waals surface area contributed by atoms with Gasteiger partial charge in [0.2, 0.25) is 0 Å². The Kier molecular flexibility index (Phi) is 6.70. The Labute approximate surface area is 204 Å². The molecule has 1 atom stereocenters. The van der Waals surface area contributed by atoms with Crippen molar-refractivity contribution in [3.8, 4) is 17.0 Å². The van der Waals surface area contributed by atoms with Gasteiger partial charge in [-0.25, -0.2) is 9.37 Å². The van der Waals surface area contributed by atoms with Crippen LogP contribution in [0.15, 0.2) is 48.5 Å². The molecule has 0 spiro atoms. The van der Waals surface area contributed by atoms with Crippen LogP contribution in [0.2, 0.25) is 5.02 Å². The summed E-state index contributed by atoms with van der Waals surface area (Å²) < 4.78 is 19.0. The summed E-state index contributed by atoms with van der Waals surface area (Å²) in [5, 5.41) is 4.55. The number of benzene rings is 2. The Bertz CT molecular complexity index is 1180. The lowest BCUT2D eigenvalue weighted by molar-refractivity contribution is 0.0867. The second-order valence-electron chi connectivity index (χ2n) is 9.33. The first kappa shape index (κ1) is 23.1. The fourth-order valence-corrected chi connectivity index (χ4v) is 5.17. The zero-order valence-electron chi connectivity index (χ0n) is 19.3. The lowest BCUT2D eigenvalue weighted by atomic mass is 9.79. The molecule has 0 bridgehead atoms. The summed E-state index contributed by atoms with van der Waals surface area (Å²) in [4.78, 5) is 20.3. The minimum Gasteiger partial charge on any atom is -0.494 e. The second kappa shape index (κ2) is 9.88. The molecule has 2 heterocycles. The van der Waals surface area contributed by atoms with E-state index in [9.17, 15) is 9.18 Å². The predicted molar refractivity (Wildman–Crippen MR) is 133 cm³/mol. The van der Waals surface area contributed by atoms with Crippen LogP contribution < -0.4 is 10.1 Å². The smallest absolute Gasteiger partial charge is 0.252 e. The highest BCUT2D eigenvalue weighted by atomic mass is 35.5. The molecule has 0 radical (unpaired) electrons. The van der Waals surface area contributed by atoms with E-state index in [1.165, 1.54) is 0 Å². The lowest BCUT2D eigenvalue weighted by Gasteiger charge is -2.38. The number of carbonyl (C=O) groups is 1. The number of ether oxygens (including phenoxy) is 1. The van der Waals surface area contributed by atoms with Gasteiger partial charge in [-0.1, -0.05) is 17.7 Å². The van der Waals surface area contributed by atoms with E-state index in [1.807, 2.05) is 43.3 Å². The van der Waals surface area contributed by atoms with Gasteiger partial charge >= 0.3 is 0 Å². The minimum absolute atomic E-state index is 0.102. The Balaban J connectivity index is 1.33. The zero-order valence-corrected chi connectivity index (χ0v) is 20.0. The molecule has 1 N–H and O–H groups in total. The molecular weight excluding hydrogens is 453 g/mol. The van der Waals surface area contributed by atoms with Crippen molar-refractivity contribution < 1.29 is 13.9 Å². The second-order valence-corrected chi connectivity index (χ2v) is 9.76. The maximum atomic E-state index is 13.4. The summed E-state index contributed by atoms with van der Waals surface area (Å²) in [5.41, 5.74) is 2.89. The van der Waals surface area contributed by atoms with Crippen LogP contribution in [0.4, 0.5) is 4.39 Å². The van der Waals surface area contributed by atoms with E-state index >= 15 is 0 Å². The van der Waals surface area contributed by atoms with E-state index in [-0.39, 0.29) is 11.9 Å². The highest BCUT2D eigenvalue weighted by molar-refractivity contribution is 6.31. The number of carbonyl (C=O) groups excluding carboxylic acids is 1. The SMILES string of the molecule is CCOc1ccc(-c2cc(C(=O)NC3CC(CN4CC[C@@H](F)C4)C3)c3ccc(Cl)cc3n2)cc1. The van der Waals surface area contributed by atoms with Crippen molar-refractivity contribution in [1.82, 2.24) is 15.2 Å². The average Bonchev–Trinajstić information content (AvgIpc) is 3.22. The van der Waals surface area contributed by atoms with Crippen molar-refractivity contribution in [2.75, 3.05) is 26.2 Å². The van der Waals surface area contributed by atoms with Crippen LogP contribution in [0.3, 0.4) is 0 Å².